The molecule has 0 spiro atoms. The summed E-state index contributed by atoms with van der Waals surface area (Å²) < 4.78 is 0.925. The first-order valence-electron chi connectivity index (χ1n) is 5.21. The van der Waals surface area contributed by atoms with Crippen molar-refractivity contribution < 1.29 is 0 Å². The van der Waals surface area contributed by atoms with Crippen LogP contribution in [-0.2, 0) is 0 Å². The van der Waals surface area contributed by atoms with E-state index in [2.05, 4.69) is 26.2 Å². The first-order valence-corrected chi connectivity index (χ1v) is 6.38. The van der Waals surface area contributed by atoms with Crippen molar-refractivity contribution in [1.29, 1.82) is 0 Å². The number of aryl methyl sites for hydroxylation is 2. The van der Waals surface area contributed by atoms with Crippen molar-refractivity contribution in [3.63, 3.8) is 0 Å². The smallest absolute Gasteiger partial charge is 0.144 e. The summed E-state index contributed by atoms with van der Waals surface area (Å²) in [7, 11) is 0. The Labute approximate surface area is 114 Å². The van der Waals surface area contributed by atoms with Crippen LogP contribution in [0.2, 0.25) is 5.02 Å². The quantitative estimate of drug-likeness (QED) is 0.857. The van der Waals surface area contributed by atoms with E-state index in [1.165, 1.54) is 0 Å². The number of aromatic nitrogens is 1. The van der Waals surface area contributed by atoms with E-state index in [-0.39, 0.29) is 0 Å². The monoisotopic (exact) mass is 310 g/mol. The summed E-state index contributed by atoms with van der Waals surface area (Å²) in [6.45, 7) is 4.01. The Hall–Kier alpha value is -1.06. The molecule has 1 aromatic carbocycles. The fourth-order valence-corrected chi connectivity index (χ4v) is 2.32. The van der Waals surface area contributed by atoms with Gasteiger partial charge in [-0.3, -0.25) is 0 Å². The Kier molecular flexibility index (Phi) is 3.69. The molecule has 0 fully saturated rings. The van der Waals surface area contributed by atoms with E-state index in [9.17, 15) is 0 Å². The summed E-state index contributed by atoms with van der Waals surface area (Å²) in [5.41, 5.74) is 3.10. The topological polar surface area (TPSA) is 24.9 Å². The predicted molar refractivity (Wildman–Crippen MR) is 76.1 cm³/mol. The van der Waals surface area contributed by atoms with E-state index in [1.807, 2.05) is 44.3 Å². The Bertz CT molecular complexity index is 506. The zero-order valence-corrected chi connectivity index (χ0v) is 11.9. The summed E-state index contributed by atoms with van der Waals surface area (Å²) >= 11 is 9.63. The lowest BCUT2D eigenvalue weighted by atomic mass is 10.2. The molecule has 0 radical (unpaired) electrons. The SMILES string of the molecule is Cc1ccc(Nc2ncc(C)cc2Br)c(Cl)c1. The van der Waals surface area contributed by atoms with E-state index in [1.54, 1.807) is 0 Å². The molecule has 88 valence electrons. The number of benzene rings is 1. The average molecular weight is 312 g/mol. The second-order valence-electron chi connectivity index (χ2n) is 3.95. The molecular weight excluding hydrogens is 300 g/mol. The van der Waals surface area contributed by atoms with Gasteiger partial charge in [0.15, 0.2) is 0 Å². The molecule has 2 nitrogen and oxygen atoms in total. The van der Waals surface area contributed by atoms with Crippen molar-refractivity contribution in [2.24, 2.45) is 0 Å². The van der Waals surface area contributed by atoms with Gasteiger partial charge in [0, 0.05) is 6.20 Å². The van der Waals surface area contributed by atoms with Crippen molar-refractivity contribution in [3.05, 3.63) is 51.1 Å². The molecule has 0 saturated heterocycles. The van der Waals surface area contributed by atoms with Gasteiger partial charge in [-0.15, -0.1) is 0 Å². The van der Waals surface area contributed by atoms with E-state index in [0.717, 1.165) is 27.1 Å². The molecule has 4 heteroatoms. The molecule has 0 bridgehead atoms. The molecule has 1 heterocycles. The van der Waals surface area contributed by atoms with Crippen LogP contribution in [0.25, 0.3) is 0 Å². The van der Waals surface area contributed by atoms with Crippen molar-refractivity contribution in [2.45, 2.75) is 13.8 Å². The van der Waals surface area contributed by atoms with Crippen LogP contribution >= 0.6 is 27.5 Å². The zero-order chi connectivity index (χ0) is 12.4. The number of hydrogen-bond donors (Lipinski definition) is 1. The van der Waals surface area contributed by atoms with E-state index < -0.39 is 0 Å². The standard InChI is InChI=1S/C13H12BrClN2/c1-8-3-4-12(11(15)6-8)17-13-10(14)5-9(2)7-16-13/h3-7H,1-2H3,(H,16,17). The van der Waals surface area contributed by atoms with Gasteiger partial charge >= 0.3 is 0 Å². The van der Waals surface area contributed by atoms with Gasteiger partial charge in [-0.2, -0.15) is 0 Å². The second-order valence-corrected chi connectivity index (χ2v) is 5.21. The first kappa shape index (κ1) is 12.4. The maximum Gasteiger partial charge on any atom is 0.144 e. The van der Waals surface area contributed by atoms with Gasteiger partial charge in [0.2, 0.25) is 0 Å². The van der Waals surface area contributed by atoms with Crippen LogP contribution in [0.4, 0.5) is 11.5 Å². The fourth-order valence-electron chi connectivity index (χ4n) is 1.47. The normalized spacial score (nSPS) is 10.4. The Balaban J connectivity index is 2.31. The lowest BCUT2D eigenvalue weighted by molar-refractivity contribution is 1.24. The van der Waals surface area contributed by atoms with Gasteiger partial charge in [-0.1, -0.05) is 17.7 Å². The summed E-state index contributed by atoms with van der Waals surface area (Å²) in [5.74, 6) is 0.765. The third-order valence-corrected chi connectivity index (χ3v) is 3.27. The van der Waals surface area contributed by atoms with Crippen LogP contribution in [-0.4, -0.2) is 4.98 Å². The number of anilines is 2. The molecule has 0 aliphatic heterocycles. The van der Waals surface area contributed by atoms with E-state index in [4.69, 9.17) is 11.6 Å². The van der Waals surface area contributed by atoms with Gasteiger partial charge in [0.25, 0.3) is 0 Å². The summed E-state index contributed by atoms with van der Waals surface area (Å²) in [5, 5.41) is 3.90. The number of nitrogens with zero attached hydrogens (tertiary/aromatic N) is 1. The molecule has 0 aliphatic rings. The van der Waals surface area contributed by atoms with E-state index >= 15 is 0 Å². The van der Waals surface area contributed by atoms with Crippen LogP contribution in [0.1, 0.15) is 11.1 Å². The minimum absolute atomic E-state index is 0.694. The van der Waals surface area contributed by atoms with E-state index in [0.29, 0.717) is 5.02 Å². The lowest BCUT2D eigenvalue weighted by Gasteiger charge is -2.10. The average Bonchev–Trinajstić information content (AvgIpc) is 2.25. The molecule has 17 heavy (non-hydrogen) atoms. The van der Waals surface area contributed by atoms with Gasteiger partial charge in [-0.05, 0) is 59.1 Å². The van der Waals surface area contributed by atoms with Crippen LogP contribution in [0.5, 0.6) is 0 Å². The largest absolute Gasteiger partial charge is 0.338 e. The minimum atomic E-state index is 0.694. The highest BCUT2D eigenvalue weighted by Crippen LogP contribution is 2.29. The van der Waals surface area contributed by atoms with Gasteiger partial charge in [0.1, 0.15) is 5.82 Å². The Morgan fingerprint density at radius 2 is 1.94 bits per heavy atom. The number of hydrogen-bond acceptors (Lipinski definition) is 2. The molecular formula is C13H12BrClN2. The zero-order valence-electron chi connectivity index (χ0n) is 9.59. The third kappa shape index (κ3) is 2.99. The molecule has 0 aliphatic carbocycles. The number of nitrogens with one attached hydrogen (secondary N) is 1. The maximum absolute atomic E-state index is 6.16. The lowest BCUT2D eigenvalue weighted by Crippen LogP contribution is -1.96. The maximum atomic E-state index is 6.16. The molecule has 0 amide bonds. The van der Waals surface area contributed by atoms with Crippen molar-refractivity contribution in [2.75, 3.05) is 5.32 Å². The third-order valence-electron chi connectivity index (χ3n) is 2.36. The molecule has 2 aromatic rings. The van der Waals surface area contributed by atoms with Crippen LogP contribution in [0, 0.1) is 13.8 Å². The predicted octanol–water partition coefficient (Wildman–Crippen LogP) is 4.86. The molecule has 0 atom stereocenters. The molecule has 2 rings (SSSR count). The van der Waals surface area contributed by atoms with Crippen LogP contribution in [0.15, 0.2) is 34.9 Å². The van der Waals surface area contributed by atoms with Crippen LogP contribution in [0.3, 0.4) is 0 Å². The molecule has 1 aromatic heterocycles. The second kappa shape index (κ2) is 5.07. The highest BCUT2D eigenvalue weighted by Gasteiger charge is 2.05. The minimum Gasteiger partial charge on any atom is -0.338 e. The highest BCUT2D eigenvalue weighted by molar-refractivity contribution is 9.10. The summed E-state index contributed by atoms with van der Waals surface area (Å²) in [6, 6.07) is 7.89. The number of halogens is 2. The van der Waals surface area contributed by atoms with Crippen molar-refractivity contribution >= 4 is 39.0 Å². The van der Waals surface area contributed by atoms with Crippen LogP contribution < -0.4 is 5.32 Å². The first-order chi connectivity index (χ1) is 8.06. The fraction of sp³-hybridized carbons (Fsp3) is 0.154. The summed E-state index contributed by atoms with van der Waals surface area (Å²) in [4.78, 5) is 4.32. The Morgan fingerprint density at radius 1 is 1.18 bits per heavy atom. The Morgan fingerprint density at radius 3 is 2.59 bits per heavy atom. The number of rotatable bonds is 2. The van der Waals surface area contributed by atoms with Gasteiger partial charge in [-0.25, -0.2) is 4.98 Å². The summed E-state index contributed by atoms with van der Waals surface area (Å²) in [6.07, 6.45) is 1.81. The molecule has 0 unspecified atom stereocenters. The molecule has 1 N–H and O–H groups in total. The van der Waals surface area contributed by atoms with Crippen molar-refractivity contribution in [1.82, 2.24) is 4.98 Å². The van der Waals surface area contributed by atoms with Crippen molar-refractivity contribution in [3.8, 4) is 0 Å². The number of pyridine rings is 1. The van der Waals surface area contributed by atoms with Gasteiger partial charge in [0.05, 0.1) is 15.2 Å². The van der Waals surface area contributed by atoms with Gasteiger partial charge < -0.3 is 5.32 Å². The molecule has 0 saturated carbocycles. The highest BCUT2D eigenvalue weighted by atomic mass is 79.9.